The third-order valence-electron chi connectivity index (χ3n) is 2.98. The van der Waals surface area contributed by atoms with E-state index in [1.54, 1.807) is 6.07 Å². The molecule has 0 atom stereocenters. The van der Waals surface area contributed by atoms with Crippen molar-refractivity contribution in [3.8, 4) is 11.5 Å². The third-order valence-corrected chi connectivity index (χ3v) is 3.51. The minimum Gasteiger partial charge on any atom is -0.872 e. The average Bonchev–Trinajstić information content (AvgIpc) is 2.53. The lowest BCUT2D eigenvalue weighted by Gasteiger charge is -2.14. The summed E-state index contributed by atoms with van der Waals surface area (Å²) in [6, 6.07) is 7.88. The summed E-state index contributed by atoms with van der Waals surface area (Å²) in [5, 5.41) is 25.5. The predicted molar refractivity (Wildman–Crippen MR) is 86.3 cm³/mol. The second-order valence-electron chi connectivity index (χ2n) is 4.69. The third kappa shape index (κ3) is 4.74. The summed E-state index contributed by atoms with van der Waals surface area (Å²) in [5.74, 6) is -0.620. The fourth-order valence-corrected chi connectivity index (χ4v) is 2.26. The molecule has 2 rings (SSSR count). The quantitative estimate of drug-likeness (QED) is 0.622. The Bertz CT molecular complexity index is 782. The summed E-state index contributed by atoms with van der Waals surface area (Å²) >= 11 is 11.7. The van der Waals surface area contributed by atoms with Crippen LogP contribution in [0.25, 0.3) is 0 Å². The molecule has 9 heteroatoms. The number of benzene rings is 2. The first-order chi connectivity index (χ1) is 11.4. The molecule has 126 valence electrons. The van der Waals surface area contributed by atoms with Crippen LogP contribution < -0.4 is 15.2 Å². The highest BCUT2D eigenvalue weighted by molar-refractivity contribution is 6.35. The number of nitro groups is 1. The van der Waals surface area contributed by atoms with E-state index >= 15 is 0 Å². The molecule has 0 saturated heterocycles. The van der Waals surface area contributed by atoms with Crippen molar-refractivity contribution in [1.82, 2.24) is 5.32 Å². The smallest absolute Gasteiger partial charge is 0.269 e. The van der Waals surface area contributed by atoms with Gasteiger partial charge in [-0.25, -0.2) is 0 Å². The lowest BCUT2D eigenvalue weighted by atomic mass is 10.2. The van der Waals surface area contributed by atoms with Gasteiger partial charge in [0.15, 0.2) is 6.61 Å². The zero-order valence-electron chi connectivity index (χ0n) is 12.1. The molecule has 0 saturated carbocycles. The molecule has 0 aliphatic rings. The monoisotopic (exact) mass is 369 g/mol. The normalized spacial score (nSPS) is 10.2. The SMILES string of the molecule is O=C(COc1ccc(Cl)cc1Cl)NCc1cc([N+](=O)[O-])ccc1[O-]. The number of carbonyl (C=O) groups is 1. The van der Waals surface area contributed by atoms with Crippen LogP contribution in [-0.4, -0.2) is 17.4 Å². The number of non-ortho nitro benzene ring substituents is 1. The Balaban J connectivity index is 1.91. The van der Waals surface area contributed by atoms with E-state index in [2.05, 4.69) is 5.32 Å². The highest BCUT2D eigenvalue weighted by Gasteiger charge is 2.09. The summed E-state index contributed by atoms with van der Waals surface area (Å²) in [6.45, 7) is -0.471. The lowest BCUT2D eigenvalue weighted by molar-refractivity contribution is -0.385. The molecular formula is C15H11Cl2N2O5-. The number of rotatable bonds is 6. The summed E-state index contributed by atoms with van der Waals surface area (Å²) in [4.78, 5) is 21.8. The minimum atomic E-state index is -0.615. The van der Waals surface area contributed by atoms with Crippen LogP contribution in [0.4, 0.5) is 5.69 Å². The van der Waals surface area contributed by atoms with Gasteiger partial charge in [0.25, 0.3) is 11.6 Å². The number of ether oxygens (including phenoxy) is 1. The molecule has 7 nitrogen and oxygen atoms in total. The van der Waals surface area contributed by atoms with E-state index in [-0.39, 0.29) is 35.2 Å². The molecule has 2 aromatic carbocycles. The zero-order valence-corrected chi connectivity index (χ0v) is 13.6. The Morgan fingerprint density at radius 2 is 1.96 bits per heavy atom. The van der Waals surface area contributed by atoms with Crippen LogP contribution in [0.1, 0.15) is 5.56 Å². The summed E-state index contributed by atoms with van der Waals surface area (Å²) in [5.41, 5.74) is -0.106. The maximum absolute atomic E-state index is 11.8. The van der Waals surface area contributed by atoms with Crippen molar-refractivity contribution in [2.75, 3.05) is 6.61 Å². The van der Waals surface area contributed by atoms with Gasteiger partial charge in [-0.15, -0.1) is 5.75 Å². The van der Waals surface area contributed by atoms with Gasteiger partial charge in [-0.3, -0.25) is 14.9 Å². The van der Waals surface area contributed by atoms with Crippen molar-refractivity contribution in [2.24, 2.45) is 0 Å². The van der Waals surface area contributed by atoms with Gasteiger partial charge in [-0.05, 0) is 23.8 Å². The zero-order chi connectivity index (χ0) is 17.7. The van der Waals surface area contributed by atoms with E-state index in [4.69, 9.17) is 27.9 Å². The number of hydrogen-bond acceptors (Lipinski definition) is 5. The number of amides is 1. The number of nitrogens with zero attached hydrogens (tertiary/aromatic N) is 1. The van der Waals surface area contributed by atoms with Gasteiger partial charge in [0.1, 0.15) is 5.75 Å². The van der Waals surface area contributed by atoms with Gasteiger partial charge in [-0.1, -0.05) is 29.3 Å². The Morgan fingerprint density at radius 1 is 1.21 bits per heavy atom. The van der Waals surface area contributed by atoms with Crippen molar-refractivity contribution < 1.29 is 19.6 Å². The number of carbonyl (C=O) groups excluding carboxylic acids is 1. The van der Waals surface area contributed by atoms with Crippen LogP contribution in [0, 0.1) is 10.1 Å². The number of halogens is 2. The molecule has 1 amide bonds. The van der Waals surface area contributed by atoms with Crippen molar-refractivity contribution in [1.29, 1.82) is 0 Å². The Morgan fingerprint density at radius 3 is 2.62 bits per heavy atom. The molecule has 0 radical (unpaired) electrons. The second kappa shape index (κ2) is 7.85. The Kier molecular flexibility index (Phi) is 5.83. The molecule has 0 spiro atoms. The fraction of sp³-hybridized carbons (Fsp3) is 0.133. The van der Waals surface area contributed by atoms with E-state index in [0.29, 0.717) is 5.02 Å². The molecule has 0 aromatic heterocycles. The predicted octanol–water partition coefficient (Wildman–Crippen LogP) is 2.67. The highest BCUT2D eigenvalue weighted by atomic mass is 35.5. The molecule has 0 unspecified atom stereocenters. The van der Waals surface area contributed by atoms with Gasteiger partial charge >= 0.3 is 0 Å². The minimum absolute atomic E-state index is 0.113. The summed E-state index contributed by atoms with van der Waals surface area (Å²) in [7, 11) is 0. The molecule has 0 fully saturated rings. The van der Waals surface area contributed by atoms with Crippen LogP contribution in [0.2, 0.25) is 10.0 Å². The Labute approximate surface area is 146 Å². The number of nitrogens with one attached hydrogen (secondary N) is 1. The van der Waals surface area contributed by atoms with Crippen LogP contribution >= 0.6 is 23.2 Å². The van der Waals surface area contributed by atoms with Crippen molar-refractivity contribution >= 4 is 34.8 Å². The van der Waals surface area contributed by atoms with Gasteiger partial charge in [-0.2, -0.15) is 0 Å². The van der Waals surface area contributed by atoms with Crippen LogP contribution in [-0.2, 0) is 11.3 Å². The Hall–Kier alpha value is -2.51. The van der Waals surface area contributed by atoms with E-state index in [1.807, 2.05) is 0 Å². The molecule has 0 heterocycles. The molecule has 0 bridgehead atoms. The molecule has 24 heavy (non-hydrogen) atoms. The first-order valence-corrected chi connectivity index (χ1v) is 7.41. The van der Waals surface area contributed by atoms with Crippen LogP contribution in [0.3, 0.4) is 0 Å². The maximum atomic E-state index is 11.8. The van der Waals surface area contributed by atoms with Crippen molar-refractivity contribution in [3.05, 3.63) is 62.1 Å². The summed E-state index contributed by atoms with van der Waals surface area (Å²) < 4.78 is 5.25. The lowest BCUT2D eigenvalue weighted by Crippen LogP contribution is -2.28. The van der Waals surface area contributed by atoms with Gasteiger partial charge in [0.2, 0.25) is 0 Å². The topological polar surface area (TPSA) is 105 Å². The number of nitro benzene ring substituents is 1. The summed E-state index contributed by atoms with van der Waals surface area (Å²) in [6.07, 6.45) is 0. The van der Waals surface area contributed by atoms with Crippen molar-refractivity contribution in [2.45, 2.75) is 6.54 Å². The van der Waals surface area contributed by atoms with Gasteiger partial charge in [0, 0.05) is 23.7 Å². The van der Waals surface area contributed by atoms with Gasteiger partial charge in [0.05, 0.1) is 9.95 Å². The molecular weight excluding hydrogens is 359 g/mol. The van der Waals surface area contributed by atoms with E-state index in [9.17, 15) is 20.0 Å². The average molecular weight is 370 g/mol. The number of hydrogen-bond donors (Lipinski definition) is 1. The maximum Gasteiger partial charge on any atom is 0.269 e. The van der Waals surface area contributed by atoms with E-state index < -0.39 is 16.6 Å². The van der Waals surface area contributed by atoms with Crippen LogP contribution in [0.5, 0.6) is 11.5 Å². The molecule has 0 aliphatic heterocycles. The first kappa shape index (κ1) is 17.8. The van der Waals surface area contributed by atoms with E-state index in [1.165, 1.54) is 12.1 Å². The first-order valence-electron chi connectivity index (χ1n) is 6.65. The van der Waals surface area contributed by atoms with Crippen molar-refractivity contribution in [3.63, 3.8) is 0 Å². The molecule has 0 aliphatic carbocycles. The van der Waals surface area contributed by atoms with E-state index in [0.717, 1.165) is 18.2 Å². The van der Waals surface area contributed by atoms with Gasteiger partial charge < -0.3 is 15.2 Å². The molecule has 2 aromatic rings. The fourth-order valence-electron chi connectivity index (χ4n) is 1.80. The second-order valence-corrected chi connectivity index (χ2v) is 5.53. The van der Waals surface area contributed by atoms with Crippen LogP contribution in [0.15, 0.2) is 36.4 Å². The standard InChI is InChI=1S/C15H12Cl2N2O5/c16-10-1-4-14(12(17)6-10)24-8-15(21)18-7-9-5-11(19(22)23)2-3-13(9)20/h1-6,20H,7-8H2,(H,18,21)/p-1. The highest BCUT2D eigenvalue weighted by Crippen LogP contribution is 2.27. The molecule has 1 N–H and O–H groups in total. The largest absolute Gasteiger partial charge is 0.872 e.